The zero-order valence-corrected chi connectivity index (χ0v) is 37.1. The zero-order chi connectivity index (χ0) is 35.5. The van der Waals surface area contributed by atoms with Crippen molar-refractivity contribution < 1.29 is 9.05 Å². The molecule has 0 N–H and O–H groups in total. The summed E-state index contributed by atoms with van der Waals surface area (Å²) in [4.78, 5) is 0. The first-order chi connectivity index (χ1) is 25.5. The molecule has 0 fully saturated rings. The first-order valence-electron chi connectivity index (χ1n) is 17.4. The fraction of sp³-hybridized carbons (Fsp3) is 0.136. The summed E-state index contributed by atoms with van der Waals surface area (Å²) in [6.07, 6.45) is 15.4. The van der Waals surface area contributed by atoms with Crippen molar-refractivity contribution in [3.8, 4) is 0 Å². The normalized spacial score (nSPS) is 23.8. The van der Waals surface area contributed by atoms with Crippen molar-refractivity contribution in [1.29, 1.82) is 0 Å². The summed E-state index contributed by atoms with van der Waals surface area (Å²) in [5.74, 6) is 0. The maximum atomic E-state index is 8.48. The summed E-state index contributed by atoms with van der Waals surface area (Å²) >= 11 is 7.88. The molecule has 1 heterocycles. The van der Waals surface area contributed by atoms with Gasteiger partial charge in [0.1, 0.15) is 0 Å². The minimum atomic E-state index is -2.42. The standard InChI is InChI=1S/C44H38O2P2Se4/c49-47(41-29-15-16-30-41)45-43(37-21-5-1-6-22-37,38-23-7-2-8-24-38)44(39-25-9-3-10-26-39,40-27-11-4-12-28-40)46-48(50,42-31-17-18-32-42)52-34-36-20-14-13-19-35(36)33-51-47/h1-29,31H,30,32-34H2. The summed E-state index contributed by atoms with van der Waals surface area (Å²) in [5, 5.41) is 4.71. The zero-order valence-electron chi connectivity index (χ0n) is 28.5. The van der Waals surface area contributed by atoms with Gasteiger partial charge in [0, 0.05) is 0 Å². The van der Waals surface area contributed by atoms with Crippen LogP contribution in [0.15, 0.2) is 193 Å². The van der Waals surface area contributed by atoms with E-state index in [4.69, 9.17) is 9.05 Å². The number of rotatable bonds is 6. The van der Waals surface area contributed by atoms with Crippen molar-refractivity contribution >= 4 is 68.1 Å². The maximum absolute atomic E-state index is 8.48. The van der Waals surface area contributed by atoms with E-state index >= 15 is 0 Å². The molecule has 2 unspecified atom stereocenters. The summed E-state index contributed by atoms with van der Waals surface area (Å²) in [7, 11) is 0. The second-order valence-corrected chi connectivity index (χ2v) is 41.4. The van der Waals surface area contributed by atoms with Gasteiger partial charge in [0.2, 0.25) is 0 Å². The molecule has 8 rings (SSSR count). The van der Waals surface area contributed by atoms with E-state index in [1.807, 2.05) is 0 Å². The third kappa shape index (κ3) is 6.87. The average Bonchev–Trinajstić information content (AvgIpc) is 3.96. The molecule has 0 radical (unpaired) electrons. The Morgan fingerprint density at radius 1 is 0.442 bits per heavy atom. The van der Waals surface area contributed by atoms with Gasteiger partial charge in [-0.15, -0.1) is 0 Å². The molecule has 260 valence electrons. The van der Waals surface area contributed by atoms with Gasteiger partial charge in [-0.05, 0) is 0 Å². The van der Waals surface area contributed by atoms with E-state index in [1.54, 1.807) is 0 Å². The van der Waals surface area contributed by atoms with E-state index in [2.05, 4.69) is 212 Å². The van der Waals surface area contributed by atoms with Crippen LogP contribution in [0.3, 0.4) is 0 Å². The Labute approximate surface area is 335 Å². The van der Waals surface area contributed by atoms with Crippen LogP contribution in [-0.2, 0) is 30.9 Å². The molecule has 0 saturated heterocycles. The van der Waals surface area contributed by atoms with Gasteiger partial charge in [-0.2, -0.15) is 0 Å². The van der Waals surface area contributed by atoms with Crippen LogP contribution in [0.5, 0.6) is 0 Å². The van der Waals surface area contributed by atoms with Gasteiger partial charge in [-0.25, -0.2) is 0 Å². The molecule has 0 amide bonds. The van der Waals surface area contributed by atoms with E-state index in [0.29, 0.717) is 0 Å². The molecule has 0 spiro atoms. The molecular weight excluding hydrogens is 938 g/mol. The molecule has 2 nitrogen and oxygen atoms in total. The van der Waals surface area contributed by atoms with Crippen LogP contribution in [0, 0.1) is 0 Å². The molecule has 2 atom stereocenters. The predicted molar refractivity (Wildman–Crippen MR) is 224 cm³/mol. The molecule has 0 bridgehead atoms. The number of fused-ring (bicyclic) bond motifs is 1. The van der Waals surface area contributed by atoms with Gasteiger partial charge in [-0.3, -0.25) is 0 Å². The SMILES string of the molecule is [Se]=P1(C2=CC=CC2)OC(c2ccccc2)(c2ccccc2)C(c2ccccc2)(c2ccccc2)OP(=[Se])(C2=CC=CC2)[Se]Cc2ccccc2C[Se]1. The molecule has 1 aliphatic heterocycles. The van der Waals surface area contributed by atoms with Gasteiger partial charge in [-0.1, -0.05) is 0 Å². The van der Waals surface area contributed by atoms with Crippen LogP contribution in [-0.4, -0.2) is 59.2 Å². The van der Waals surface area contributed by atoms with E-state index in [-0.39, 0.29) is 29.0 Å². The minimum absolute atomic E-state index is 0.0730. The molecular formula is C44H38O2P2Se4. The Bertz CT molecular complexity index is 2030. The van der Waals surface area contributed by atoms with Crippen LogP contribution in [0.2, 0.25) is 0 Å². The quantitative estimate of drug-likeness (QED) is 0.125. The van der Waals surface area contributed by atoms with Gasteiger partial charge in [0.25, 0.3) is 0 Å². The third-order valence-corrected chi connectivity index (χ3v) is 35.8. The van der Waals surface area contributed by atoms with E-state index in [1.165, 1.54) is 21.8 Å². The van der Waals surface area contributed by atoms with E-state index < -0.39 is 20.1 Å². The second kappa shape index (κ2) is 15.9. The average molecular weight is 977 g/mol. The fourth-order valence-electron chi connectivity index (χ4n) is 7.30. The van der Waals surface area contributed by atoms with Crippen molar-refractivity contribution in [3.05, 3.63) is 226 Å². The summed E-state index contributed by atoms with van der Waals surface area (Å²) in [5.41, 5.74) is 4.95. The van der Waals surface area contributed by atoms with Gasteiger partial charge >= 0.3 is 338 Å². The van der Waals surface area contributed by atoms with Gasteiger partial charge in [0.15, 0.2) is 0 Å². The molecule has 3 aliphatic rings. The van der Waals surface area contributed by atoms with Crippen molar-refractivity contribution in [3.63, 3.8) is 0 Å². The fourth-order valence-corrected chi connectivity index (χ4v) is 28.7. The number of hydrogen-bond donors (Lipinski definition) is 0. The summed E-state index contributed by atoms with van der Waals surface area (Å²) in [6, 6.07) is 52.9. The Balaban J connectivity index is 1.55. The van der Waals surface area contributed by atoms with E-state index in [0.717, 1.165) is 45.7 Å². The molecule has 2 aliphatic carbocycles. The van der Waals surface area contributed by atoms with Crippen molar-refractivity contribution in [2.24, 2.45) is 0 Å². The first kappa shape index (κ1) is 36.9. The van der Waals surface area contributed by atoms with Crippen molar-refractivity contribution in [2.75, 3.05) is 0 Å². The van der Waals surface area contributed by atoms with Crippen LogP contribution in [0.4, 0.5) is 0 Å². The molecule has 0 saturated carbocycles. The predicted octanol–water partition coefficient (Wildman–Crippen LogP) is 10.6. The Morgan fingerprint density at radius 2 is 0.750 bits per heavy atom. The number of allylic oxidation sites excluding steroid dienone is 8. The monoisotopic (exact) mass is 980 g/mol. The Hall–Kier alpha value is -2.08. The molecule has 5 aromatic carbocycles. The Morgan fingerprint density at radius 3 is 1.04 bits per heavy atom. The van der Waals surface area contributed by atoms with Gasteiger partial charge < -0.3 is 0 Å². The third-order valence-electron chi connectivity index (χ3n) is 9.84. The Kier molecular flexibility index (Phi) is 11.3. The van der Waals surface area contributed by atoms with Crippen molar-refractivity contribution in [1.82, 2.24) is 0 Å². The number of hydrogen-bond acceptors (Lipinski definition) is 2. The van der Waals surface area contributed by atoms with Crippen LogP contribution in [0.1, 0.15) is 46.2 Å². The second-order valence-electron chi connectivity index (χ2n) is 12.9. The molecule has 52 heavy (non-hydrogen) atoms. The van der Waals surface area contributed by atoms with E-state index in [9.17, 15) is 0 Å². The van der Waals surface area contributed by atoms with Crippen LogP contribution < -0.4 is 0 Å². The molecule has 5 aromatic rings. The summed E-state index contributed by atoms with van der Waals surface area (Å²) < 4.78 is 12.1. The number of benzene rings is 5. The summed E-state index contributed by atoms with van der Waals surface area (Å²) in [6.45, 7) is 0. The van der Waals surface area contributed by atoms with Crippen molar-refractivity contribution in [2.45, 2.75) is 34.7 Å². The molecule has 8 heteroatoms. The van der Waals surface area contributed by atoms with Crippen LogP contribution in [0.25, 0.3) is 0 Å². The van der Waals surface area contributed by atoms with Gasteiger partial charge in [0.05, 0.1) is 0 Å². The molecule has 0 aromatic heterocycles. The van der Waals surface area contributed by atoms with Crippen LogP contribution >= 0.6 is 8.85 Å². The topological polar surface area (TPSA) is 18.5 Å². The first-order valence-corrected chi connectivity index (χ1v) is 32.1.